The van der Waals surface area contributed by atoms with E-state index in [-0.39, 0.29) is 24.5 Å². The van der Waals surface area contributed by atoms with Crippen molar-refractivity contribution >= 4 is 27.6 Å². The summed E-state index contributed by atoms with van der Waals surface area (Å²) < 4.78 is 26.1. The largest absolute Gasteiger partial charge is 0.394 e. The number of amides is 1. The standard InChI is InChI=1S/C24H37N5O4S/c1-6-12-29(34(5,32)33)23-17-20(16-22(26-23)28(4)14-13-27(2)3)24(31)25-21(18-30)15-19-10-8-7-9-11-19/h7-11,16-17,21,30H,6,12-15,18H2,1-5H3,(H,25,31)/t21-/m0/s1. The van der Waals surface area contributed by atoms with Gasteiger partial charge in [-0.05, 0) is 44.6 Å². The molecule has 1 aromatic carbocycles. The Hall–Kier alpha value is -2.69. The maximum atomic E-state index is 13.2. The maximum absolute atomic E-state index is 13.2. The minimum atomic E-state index is -3.59. The smallest absolute Gasteiger partial charge is 0.251 e. The van der Waals surface area contributed by atoms with Crippen molar-refractivity contribution in [3.63, 3.8) is 0 Å². The van der Waals surface area contributed by atoms with Crippen LogP contribution in [0.25, 0.3) is 0 Å². The highest BCUT2D eigenvalue weighted by Gasteiger charge is 2.22. The molecule has 1 aromatic heterocycles. The first-order valence-electron chi connectivity index (χ1n) is 11.4. The molecule has 0 aliphatic heterocycles. The fourth-order valence-electron chi connectivity index (χ4n) is 3.40. The molecule has 0 saturated heterocycles. The van der Waals surface area contributed by atoms with Gasteiger partial charge in [-0.2, -0.15) is 0 Å². The summed E-state index contributed by atoms with van der Waals surface area (Å²) in [6.07, 6.45) is 2.21. The zero-order chi connectivity index (χ0) is 25.3. The van der Waals surface area contributed by atoms with E-state index in [1.807, 2.05) is 68.2 Å². The van der Waals surface area contributed by atoms with Gasteiger partial charge in [-0.15, -0.1) is 0 Å². The van der Waals surface area contributed by atoms with Crippen molar-refractivity contribution in [2.24, 2.45) is 0 Å². The van der Waals surface area contributed by atoms with Crippen molar-refractivity contribution in [1.82, 2.24) is 15.2 Å². The second kappa shape index (κ2) is 12.7. The molecule has 10 heteroatoms. The Morgan fingerprint density at radius 1 is 1.06 bits per heavy atom. The Morgan fingerprint density at radius 2 is 1.71 bits per heavy atom. The van der Waals surface area contributed by atoms with Crippen LogP contribution in [0.3, 0.4) is 0 Å². The Morgan fingerprint density at radius 3 is 2.26 bits per heavy atom. The van der Waals surface area contributed by atoms with Crippen LogP contribution in [0.5, 0.6) is 0 Å². The van der Waals surface area contributed by atoms with Gasteiger partial charge in [-0.1, -0.05) is 37.3 Å². The van der Waals surface area contributed by atoms with Gasteiger partial charge in [0.1, 0.15) is 11.6 Å². The summed E-state index contributed by atoms with van der Waals surface area (Å²) in [4.78, 5) is 21.7. The van der Waals surface area contributed by atoms with Gasteiger partial charge in [-0.25, -0.2) is 13.4 Å². The summed E-state index contributed by atoms with van der Waals surface area (Å²) in [7, 11) is 2.19. The lowest BCUT2D eigenvalue weighted by molar-refractivity contribution is 0.0916. The number of rotatable bonds is 13. The number of aromatic nitrogens is 1. The van der Waals surface area contributed by atoms with E-state index in [1.165, 1.54) is 10.4 Å². The Balaban J connectivity index is 2.39. The SMILES string of the molecule is CCCN(c1cc(C(=O)N[C@H](CO)Cc2ccccc2)cc(N(C)CCN(C)C)n1)S(C)(=O)=O. The van der Waals surface area contributed by atoms with Crippen molar-refractivity contribution in [2.45, 2.75) is 25.8 Å². The minimum absolute atomic E-state index is 0.201. The zero-order valence-corrected chi connectivity index (χ0v) is 21.5. The number of sulfonamides is 1. The van der Waals surface area contributed by atoms with Crippen molar-refractivity contribution < 1.29 is 18.3 Å². The predicted octanol–water partition coefficient (Wildman–Crippen LogP) is 1.59. The Labute approximate surface area is 203 Å². The van der Waals surface area contributed by atoms with Crippen molar-refractivity contribution in [3.05, 3.63) is 53.6 Å². The number of nitrogens with one attached hydrogen (secondary N) is 1. The molecular formula is C24H37N5O4S. The number of aliphatic hydroxyl groups is 1. The summed E-state index contributed by atoms with van der Waals surface area (Å²) in [5, 5.41) is 12.7. The molecule has 0 bridgehead atoms. The molecule has 0 fully saturated rings. The Kier molecular flexibility index (Phi) is 10.3. The molecule has 2 aromatic rings. The highest BCUT2D eigenvalue weighted by Crippen LogP contribution is 2.23. The van der Waals surface area contributed by atoms with Crippen molar-refractivity contribution in [1.29, 1.82) is 0 Å². The number of carbonyl (C=O) groups is 1. The number of anilines is 2. The molecule has 0 spiro atoms. The molecule has 2 rings (SSSR count). The third-order valence-corrected chi connectivity index (χ3v) is 6.47. The molecule has 9 nitrogen and oxygen atoms in total. The number of pyridine rings is 1. The van der Waals surface area contributed by atoms with E-state index >= 15 is 0 Å². The van der Waals surface area contributed by atoms with Gasteiger partial charge < -0.3 is 20.2 Å². The first-order valence-corrected chi connectivity index (χ1v) is 13.2. The highest BCUT2D eigenvalue weighted by atomic mass is 32.2. The van der Waals surface area contributed by atoms with Crippen LogP contribution in [0.4, 0.5) is 11.6 Å². The maximum Gasteiger partial charge on any atom is 0.251 e. The first kappa shape index (κ1) is 27.6. The average Bonchev–Trinajstić information content (AvgIpc) is 2.79. The topological polar surface area (TPSA) is 106 Å². The van der Waals surface area contributed by atoms with Crippen LogP contribution in [-0.4, -0.2) is 89.0 Å². The summed E-state index contributed by atoms with van der Waals surface area (Å²) >= 11 is 0. The quantitative estimate of drug-likeness (QED) is 0.438. The van der Waals surface area contributed by atoms with Gasteiger partial charge in [0.05, 0.1) is 18.9 Å². The monoisotopic (exact) mass is 491 g/mol. The van der Waals surface area contributed by atoms with Gasteiger partial charge in [-0.3, -0.25) is 9.10 Å². The lowest BCUT2D eigenvalue weighted by Gasteiger charge is -2.26. The molecule has 188 valence electrons. The van der Waals surface area contributed by atoms with Gasteiger partial charge >= 0.3 is 0 Å². The summed E-state index contributed by atoms with van der Waals surface area (Å²) in [6.45, 7) is 3.32. The van der Waals surface area contributed by atoms with Crippen LogP contribution >= 0.6 is 0 Å². The summed E-state index contributed by atoms with van der Waals surface area (Å²) in [5.74, 6) is 0.302. The average molecular weight is 492 g/mol. The van der Waals surface area contributed by atoms with Gasteiger partial charge in [0, 0.05) is 32.2 Å². The molecule has 0 radical (unpaired) electrons. The number of carbonyl (C=O) groups excluding carboxylic acids is 1. The molecule has 0 aliphatic carbocycles. The number of aliphatic hydroxyl groups excluding tert-OH is 1. The molecule has 0 unspecified atom stereocenters. The number of hydrogen-bond acceptors (Lipinski definition) is 7. The normalized spacial score (nSPS) is 12.4. The minimum Gasteiger partial charge on any atom is -0.394 e. The van der Waals surface area contributed by atoms with E-state index in [0.29, 0.717) is 25.2 Å². The van der Waals surface area contributed by atoms with Crippen LogP contribution < -0.4 is 14.5 Å². The van der Waals surface area contributed by atoms with Crippen LogP contribution in [0.15, 0.2) is 42.5 Å². The van der Waals surface area contributed by atoms with Gasteiger partial charge in [0.15, 0.2) is 0 Å². The van der Waals surface area contributed by atoms with Gasteiger partial charge in [0.25, 0.3) is 5.91 Å². The van der Waals surface area contributed by atoms with Crippen LogP contribution in [0, 0.1) is 0 Å². The molecule has 2 N–H and O–H groups in total. The summed E-state index contributed by atoms with van der Waals surface area (Å²) in [5.41, 5.74) is 1.28. The molecule has 0 saturated carbocycles. The molecule has 1 amide bonds. The van der Waals surface area contributed by atoms with Crippen molar-refractivity contribution in [2.75, 3.05) is 62.8 Å². The molecular weight excluding hydrogens is 454 g/mol. The Bertz CT molecular complexity index is 1030. The summed E-state index contributed by atoms with van der Waals surface area (Å²) in [6, 6.07) is 12.3. The fourth-order valence-corrected chi connectivity index (χ4v) is 4.35. The van der Waals surface area contributed by atoms with Crippen molar-refractivity contribution in [3.8, 4) is 0 Å². The van der Waals surface area contributed by atoms with E-state index in [9.17, 15) is 18.3 Å². The molecule has 34 heavy (non-hydrogen) atoms. The lowest BCUT2D eigenvalue weighted by atomic mass is 10.1. The predicted molar refractivity (Wildman–Crippen MR) is 137 cm³/mol. The van der Waals surface area contributed by atoms with Crippen LogP contribution in [0.1, 0.15) is 29.3 Å². The third kappa shape index (κ3) is 8.27. The number of likely N-dealkylation sites (N-methyl/N-ethyl adjacent to an activating group) is 2. The highest BCUT2D eigenvalue weighted by molar-refractivity contribution is 7.92. The van der Waals surface area contributed by atoms with E-state index in [1.54, 1.807) is 6.07 Å². The van der Waals surface area contributed by atoms with E-state index in [2.05, 4.69) is 10.3 Å². The van der Waals surface area contributed by atoms with E-state index in [0.717, 1.165) is 18.4 Å². The number of benzene rings is 1. The molecule has 1 atom stereocenters. The van der Waals surface area contributed by atoms with E-state index < -0.39 is 22.0 Å². The first-order chi connectivity index (χ1) is 16.0. The third-order valence-electron chi connectivity index (χ3n) is 5.30. The number of nitrogens with zero attached hydrogens (tertiary/aromatic N) is 4. The second-order valence-electron chi connectivity index (χ2n) is 8.67. The molecule has 0 aliphatic rings. The van der Waals surface area contributed by atoms with Crippen LogP contribution in [-0.2, 0) is 16.4 Å². The molecule has 1 heterocycles. The lowest BCUT2D eigenvalue weighted by Crippen LogP contribution is -2.39. The van der Waals surface area contributed by atoms with Crippen LogP contribution in [0.2, 0.25) is 0 Å². The number of hydrogen-bond donors (Lipinski definition) is 2. The zero-order valence-electron chi connectivity index (χ0n) is 20.7. The van der Waals surface area contributed by atoms with E-state index in [4.69, 9.17) is 0 Å². The fraction of sp³-hybridized carbons (Fsp3) is 0.500. The second-order valence-corrected chi connectivity index (χ2v) is 10.6. The van der Waals surface area contributed by atoms with Gasteiger partial charge in [0.2, 0.25) is 10.0 Å².